The maximum absolute atomic E-state index is 10.4. The predicted octanol–water partition coefficient (Wildman–Crippen LogP) is 5.26. The number of aryl methyl sites for hydroxylation is 1. The van der Waals surface area contributed by atoms with Gasteiger partial charge in [0, 0.05) is 35.1 Å². The standard InChI is InChI=1S/C19H19Br2NO2/c1-22(10-13-8-14(20)9-17(21)19(13)24)11-16-15-5-3-2-4-12(15)6-7-18(16)23/h2-5,8-9,23-24H,6-7,10-11H2,1H3. The number of nitrogens with zero attached hydrogens (tertiary/aromatic N) is 1. The second kappa shape index (κ2) is 7.30. The summed E-state index contributed by atoms with van der Waals surface area (Å²) in [6, 6.07) is 12.0. The van der Waals surface area contributed by atoms with E-state index in [-0.39, 0.29) is 5.75 Å². The quantitative estimate of drug-likeness (QED) is 0.664. The number of phenols is 1. The van der Waals surface area contributed by atoms with Crippen molar-refractivity contribution in [1.82, 2.24) is 4.90 Å². The third-order valence-corrected chi connectivity index (χ3v) is 5.36. The van der Waals surface area contributed by atoms with E-state index < -0.39 is 0 Å². The molecular weight excluding hydrogens is 434 g/mol. The van der Waals surface area contributed by atoms with E-state index in [0.717, 1.165) is 27.6 Å². The molecule has 3 nitrogen and oxygen atoms in total. The minimum Gasteiger partial charge on any atom is -0.512 e. The van der Waals surface area contributed by atoms with Crippen molar-refractivity contribution in [2.45, 2.75) is 19.4 Å². The molecule has 0 saturated carbocycles. The highest BCUT2D eigenvalue weighted by Crippen LogP contribution is 2.34. The number of fused-ring (bicyclic) bond motifs is 1. The van der Waals surface area contributed by atoms with Gasteiger partial charge >= 0.3 is 0 Å². The SMILES string of the molecule is CN(CC1=C(O)CCc2ccccc21)Cc1cc(Br)cc(Br)c1O. The molecule has 0 aromatic heterocycles. The third-order valence-electron chi connectivity index (χ3n) is 4.30. The van der Waals surface area contributed by atoms with Crippen LogP contribution in [0.25, 0.3) is 5.57 Å². The van der Waals surface area contributed by atoms with Gasteiger partial charge in [0.1, 0.15) is 5.75 Å². The molecule has 0 atom stereocenters. The lowest BCUT2D eigenvalue weighted by Gasteiger charge is -2.25. The number of benzene rings is 2. The first kappa shape index (κ1) is 17.5. The third kappa shape index (κ3) is 3.68. The summed E-state index contributed by atoms with van der Waals surface area (Å²) in [6.07, 6.45) is 1.57. The molecule has 0 bridgehead atoms. The number of halogens is 2. The van der Waals surface area contributed by atoms with E-state index in [4.69, 9.17) is 0 Å². The fourth-order valence-electron chi connectivity index (χ4n) is 3.12. The Hall–Kier alpha value is -1.30. The van der Waals surface area contributed by atoms with Crippen LogP contribution in [0.5, 0.6) is 5.75 Å². The fraction of sp³-hybridized carbons (Fsp3) is 0.263. The molecule has 0 spiro atoms. The van der Waals surface area contributed by atoms with E-state index in [0.29, 0.717) is 29.7 Å². The van der Waals surface area contributed by atoms with E-state index in [1.807, 2.05) is 31.3 Å². The molecule has 0 saturated heterocycles. The Morgan fingerprint density at radius 1 is 1.04 bits per heavy atom. The number of rotatable bonds is 4. The zero-order valence-corrected chi connectivity index (χ0v) is 16.6. The maximum atomic E-state index is 10.4. The van der Waals surface area contributed by atoms with Crippen molar-refractivity contribution < 1.29 is 10.2 Å². The van der Waals surface area contributed by atoms with Gasteiger partial charge in [-0.15, -0.1) is 0 Å². The number of aliphatic hydroxyl groups excluding tert-OH is 1. The first-order valence-electron chi connectivity index (χ1n) is 7.80. The second-order valence-electron chi connectivity index (χ2n) is 6.15. The molecule has 24 heavy (non-hydrogen) atoms. The van der Waals surface area contributed by atoms with Crippen molar-refractivity contribution in [3.63, 3.8) is 0 Å². The Bertz CT molecular complexity index is 802. The smallest absolute Gasteiger partial charge is 0.134 e. The average molecular weight is 453 g/mol. The number of hydrogen-bond donors (Lipinski definition) is 2. The molecule has 1 aliphatic rings. The molecule has 2 N–H and O–H groups in total. The van der Waals surface area contributed by atoms with Gasteiger partial charge in [-0.05, 0) is 52.7 Å². The summed E-state index contributed by atoms with van der Waals surface area (Å²) in [7, 11) is 1.99. The number of aromatic hydroxyl groups is 1. The normalized spacial score (nSPS) is 14.2. The Labute approximate surface area is 158 Å². The molecule has 2 aromatic rings. The van der Waals surface area contributed by atoms with Crippen LogP contribution in [0.15, 0.2) is 51.1 Å². The van der Waals surface area contributed by atoms with Crippen molar-refractivity contribution >= 4 is 37.4 Å². The first-order valence-corrected chi connectivity index (χ1v) is 9.39. The highest BCUT2D eigenvalue weighted by molar-refractivity contribution is 9.11. The molecule has 2 aromatic carbocycles. The van der Waals surface area contributed by atoms with Crippen LogP contribution >= 0.6 is 31.9 Å². The lowest BCUT2D eigenvalue weighted by molar-refractivity contribution is 0.343. The molecule has 5 heteroatoms. The maximum Gasteiger partial charge on any atom is 0.134 e. The van der Waals surface area contributed by atoms with Gasteiger partial charge < -0.3 is 10.2 Å². The van der Waals surface area contributed by atoms with Crippen LogP contribution in [-0.4, -0.2) is 28.7 Å². The van der Waals surface area contributed by atoms with E-state index in [1.165, 1.54) is 5.56 Å². The van der Waals surface area contributed by atoms with Crippen LogP contribution in [-0.2, 0) is 13.0 Å². The van der Waals surface area contributed by atoms with Crippen LogP contribution in [0.4, 0.5) is 0 Å². The summed E-state index contributed by atoms with van der Waals surface area (Å²) in [4.78, 5) is 2.10. The largest absolute Gasteiger partial charge is 0.512 e. The van der Waals surface area contributed by atoms with Gasteiger partial charge in [-0.2, -0.15) is 0 Å². The van der Waals surface area contributed by atoms with Crippen molar-refractivity contribution in [1.29, 1.82) is 0 Å². The summed E-state index contributed by atoms with van der Waals surface area (Å²) in [5, 5.41) is 20.6. The summed E-state index contributed by atoms with van der Waals surface area (Å²) >= 11 is 6.83. The lowest BCUT2D eigenvalue weighted by Crippen LogP contribution is -2.22. The molecule has 0 fully saturated rings. The highest BCUT2D eigenvalue weighted by Gasteiger charge is 2.20. The topological polar surface area (TPSA) is 43.7 Å². The van der Waals surface area contributed by atoms with Gasteiger partial charge in [-0.3, -0.25) is 4.90 Å². The Kier molecular flexibility index (Phi) is 5.33. The van der Waals surface area contributed by atoms with Gasteiger partial charge in [0.05, 0.1) is 10.2 Å². The molecule has 126 valence electrons. The summed E-state index contributed by atoms with van der Waals surface area (Å²) in [5.74, 6) is 0.729. The minimum absolute atomic E-state index is 0.257. The van der Waals surface area contributed by atoms with Gasteiger partial charge in [0.15, 0.2) is 0 Å². The molecule has 0 aliphatic heterocycles. The number of aliphatic hydroxyl groups is 1. The van der Waals surface area contributed by atoms with Crippen molar-refractivity contribution in [2.75, 3.05) is 13.6 Å². The van der Waals surface area contributed by atoms with Gasteiger partial charge in [-0.25, -0.2) is 0 Å². The monoisotopic (exact) mass is 451 g/mol. The van der Waals surface area contributed by atoms with E-state index in [1.54, 1.807) is 0 Å². The molecule has 0 amide bonds. The molecule has 0 heterocycles. The zero-order valence-electron chi connectivity index (χ0n) is 13.4. The molecule has 0 unspecified atom stereocenters. The van der Waals surface area contributed by atoms with Crippen LogP contribution in [0.1, 0.15) is 23.1 Å². The predicted molar refractivity (Wildman–Crippen MR) is 104 cm³/mol. The molecular formula is C19H19Br2NO2. The summed E-state index contributed by atoms with van der Waals surface area (Å²) < 4.78 is 1.59. The first-order chi connectivity index (χ1) is 11.5. The number of hydrogen-bond acceptors (Lipinski definition) is 3. The number of allylic oxidation sites excluding steroid dienone is 1. The van der Waals surface area contributed by atoms with E-state index in [2.05, 4.69) is 48.9 Å². The van der Waals surface area contributed by atoms with Crippen LogP contribution in [0.3, 0.4) is 0 Å². The lowest BCUT2D eigenvalue weighted by atomic mass is 9.89. The van der Waals surface area contributed by atoms with Crippen molar-refractivity contribution in [3.05, 3.63) is 67.8 Å². The zero-order chi connectivity index (χ0) is 17.3. The van der Waals surface area contributed by atoms with Gasteiger partial charge in [-0.1, -0.05) is 40.2 Å². The van der Waals surface area contributed by atoms with Crippen molar-refractivity contribution in [2.24, 2.45) is 0 Å². The summed E-state index contributed by atoms with van der Waals surface area (Å²) in [5.41, 5.74) is 4.23. The molecule has 0 radical (unpaired) electrons. The minimum atomic E-state index is 0.257. The van der Waals surface area contributed by atoms with Crippen molar-refractivity contribution in [3.8, 4) is 5.75 Å². The van der Waals surface area contributed by atoms with E-state index >= 15 is 0 Å². The van der Waals surface area contributed by atoms with Gasteiger partial charge in [0.2, 0.25) is 0 Å². The van der Waals surface area contributed by atoms with E-state index in [9.17, 15) is 10.2 Å². The Morgan fingerprint density at radius 3 is 2.58 bits per heavy atom. The van der Waals surface area contributed by atoms with Crippen LogP contribution in [0, 0.1) is 0 Å². The average Bonchev–Trinajstić information content (AvgIpc) is 2.55. The second-order valence-corrected chi connectivity index (χ2v) is 7.92. The highest BCUT2D eigenvalue weighted by atomic mass is 79.9. The Balaban J connectivity index is 1.81. The molecule has 3 rings (SSSR count). The Morgan fingerprint density at radius 2 is 1.79 bits per heavy atom. The summed E-state index contributed by atoms with van der Waals surface area (Å²) in [6.45, 7) is 1.22. The number of phenolic OH excluding ortho intramolecular Hbond substituents is 1. The number of likely N-dealkylation sites (N-methyl/N-ethyl adjacent to an activating group) is 1. The van der Waals surface area contributed by atoms with Crippen LogP contribution < -0.4 is 0 Å². The molecule has 1 aliphatic carbocycles. The van der Waals surface area contributed by atoms with Crippen LogP contribution in [0.2, 0.25) is 0 Å². The fourth-order valence-corrected chi connectivity index (χ4v) is 4.44. The van der Waals surface area contributed by atoms with Gasteiger partial charge in [0.25, 0.3) is 0 Å².